The number of hydrogen-bond acceptors (Lipinski definition) is 7. The Hall–Kier alpha value is -3.71. The third-order valence-corrected chi connectivity index (χ3v) is 12.2. The summed E-state index contributed by atoms with van der Waals surface area (Å²) in [7, 11) is -2.02. The van der Waals surface area contributed by atoms with Crippen LogP contribution in [-0.2, 0) is 33.9 Å². The number of carbonyl (C=O) groups is 2. The monoisotopic (exact) mass is 600 g/mol. The van der Waals surface area contributed by atoms with Crippen LogP contribution in [0.2, 0.25) is 18.1 Å². The zero-order chi connectivity index (χ0) is 31.1. The van der Waals surface area contributed by atoms with Gasteiger partial charge >= 0.3 is 6.18 Å². The van der Waals surface area contributed by atoms with Crippen LogP contribution in [0.1, 0.15) is 61.8 Å². The zero-order valence-electron chi connectivity index (χ0n) is 24.8. The van der Waals surface area contributed by atoms with Gasteiger partial charge in [-0.25, -0.2) is 4.68 Å². The molecule has 0 spiro atoms. The minimum absolute atomic E-state index is 0.0492. The molecule has 0 amide bonds. The van der Waals surface area contributed by atoms with Crippen LogP contribution in [-0.4, -0.2) is 56.0 Å². The molecule has 4 rings (SSSR count). The molecule has 13 heteroatoms. The molecule has 0 fully saturated rings. The van der Waals surface area contributed by atoms with Gasteiger partial charge in [-0.15, -0.1) is 5.10 Å². The smallest absolute Gasteiger partial charge is 0.414 e. The highest BCUT2D eigenvalue weighted by molar-refractivity contribution is 6.74. The van der Waals surface area contributed by atoms with Crippen LogP contribution in [0, 0.1) is 0 Å². The van der Waals surface area contributed by atoms with Crippen molar-refractivity contribution in [3.05, 3.63) is 71.7 Å². The number of carbonyl (C=O) groups excluding carboxylic acids is 2. The van der Waals surface area contributed by atoms with E-state index in [1.807, 2.05) is 16.8 Å². The van der Waals surface area contributed by atoms with Crippen molar-refractivity contribution in [2.24, 2.45) is 0 Å². The molecule has 0 saturated heterocycles. The Balaban J connectivity index is 1.56. The summed E-state index contributed by atoms with van der Waals surface area (Å²) < 4.78 is 47.8. The summed E-state index contributed by atoms with van der Waals surface area (Å²) in [5, 5.41) is 7.17. The Bertz CT molecular complexity index is 1620. The minimum atomic E-state index is -4.65. The lowest BCUT2D eigenvalue weighted by Gasteiger charge is -2.39. The highest BCUT2D eigenvalue weighted by atomic mass is 28.4. The van der Waals surface area contributed by atoms with Crippen LogP contribution >= 0.6 is 0 Å². The summed E-state index contributed by atoms with van der Waals surface area (Å²) >= 11 is 0. The molecule has 0 unspecified atom stereocenters. The second-order valence-electron chi connectivity index (χ2n) is 12.6. The van der Waals surface area contributed by atoms with Gasteiger partial charge in [-0.05, 0) is 49.7 Å². The minimum Gasteiger partial charge on any atom is -0.414 e. The average molecular weight is 601 g/mol. The van der Waals surface area contributed by atoms with Gasteiger partial charge in [0.1, 0.15) is 6.54 Å². The largest absolute Gasteiger partial charge is 0.436 e. The Morgan fingerprint density at radius 3 is 2.36 bits per heavy atom. The first-order chi connectivity index (χ1) is 19.4. The van der Waals surface area contributed by atoms with Gasteiger partial charge in [0.25, 0.3) is 0 Å². The number of halogens is 3. The zero-order valence-corrected chi connectivity index (χ0v) is 25.8. The molecule has 4 aromatic rings. The van der Waals surface area contributed by atoms with Gasteiger partial charge in [-0.1, -0.05) is 26.0 Å². The van der Waals surface area contributed by atoms with Gasteiger partial charge < -0.3 is 8.99 Å². The molecular weight excluding hydrogens is 565 g/mol. The van der Waals surface area contributed by atoms with Crippen LogP contribution in [0.4, 0.5) is 13.2 Å². The van der Waals surface area contributed by atoms with Crippen LogP contribution in [0.15, 0.2) is 49.3 Å². The third kappa shape index (κ3) is 6.67. The van der Waals surface area contributed by atoms with Crippen LogP contribution in [0.5, 0.6) is 0 Å². The predicted octanol–water partition coefficient (Wildman–Crippen LogP) is 5.84. The summed E-state index contributed by atoms with van der Waals surface area (Å²) in [6.07, 6.45) is 3.90. The van der Waals surface area contributed by atoms with Gasteiger partial charge in [-0.2, -0.15) is 13.2 Å². The molecule has 4 aromatic heterocycles. The lowest BCUT2D eigenvalue weighted by Crippen LogP contribution is -2.45. The Morgan fingerprint density at radius 2 is 1.71 bits per heavy atom. The first-order valence-corrected chi connectivity index (χ1v) is 16.4. The highest BCUT2D eigenvalue weighted by Crippen LogP contribution is 2.38. The predicted molar refractivity (Wildman–Crippen MR) is 154 cm³/mol. The Kier molecular flexibility index (Phi) is 8.31. The van der Waals surface area contributed by atoms with E-state index in [1.165, 1.54) is 12.4 Å². The molecule has 0 aromatic carbocycles. The molecule has 0 aliphatic heterocycles. The van der Waals surface area contributed by atoms with E-state index >= 15 is 0 Å². The standard InChI is InChI=1S/C29H35F3N6O3Si/c1-27(2,3)42(6,7)41-18-28(4,5)38-16-23(22-14-33-9-8-24(22)38)26(40)20-10-19(12-34-13-20)11-21(39)15-37-17-25(35-36-37)29(30,31)32/h8-10,12-14,16-17H,11,15,18H2,1-7H3. The number of Topliss-reactive ketones (excluding diaryl/α,β-unsaturated/α-hetero) is 1. The van der Waals surface area contributed by atoms with Crippen molar-refractivity contribution >= 4 is 30.8 Å². The number of alkyl halides is 3. The van der Waals surface area contributed by atoms with Crippen molar-refractivity contribution in [2.45, 2.75) is 77.4 Å². The van der Waals surface area contributed by atoms with Crippen molar-refractivity contribution in [1.82, 2.24) is 29.5 Å². The van der Waals surface area contributed by atoms with Gasteiger partial charge in [-0.3, -0.25) is 19.6 Å². The molecule has 42 heavy (non-hydrogen) atoms. The first kappa shape index (κ1) is 31.2. The number of fused-ring (bicyclic) bond motifs is 1. The number of rotatable bonds is 10. The SMILES string of the molecule is CC(C)(CO[Si](C)(C)C(C)(C)C)n1cc(C(=O)c2cncc(CC(=O)Cn3cc(C(F)(F)F)nn3)c2)c2cnccc21. The number of aromatic nitrogens is 6. The van der Waals surface area contributed by atoms with Gasteiger partial charge in [0, 0.05) is 53.9 Å². The second kappa shape index (κ2) is 11.2. The van der Waals surface area contributed by atoms with Crippen molar-refractivity contribution in [1.29, 1.82) is 0 Å². The Morgan fingerprint density at radius 1 is 1.00 bits per heavy atom. The number of nitrogens with zero attached hydrogens (tertiary/aromatic N) is 6. The van der Waals surface area contributed by atoms with E-state index in [9.17, 15) is 22.8 Å². The summed E-state index contributed by atoms with van der Waals surface area (Å²) in [6.45, 7) is 15.2. The summed E-state index contributed by atoms with van der Waals surface area (Å²) in [4.78, 5) is 34.7. The van der Waals surface area contributed by atoms with Gasteiger partial charge in [0.05, 0.1) is 23.9 Å². The van der Waals surface area contributed by atoms with Crippen LogP contribution < -0.4 is 0 Å². The molecular formula is C29H35F3N6O3Si. The normalized spacial score (nSPS) is 13.1. The van der Waals surface area contributed by atoms with Crippen molar-refractivity contribution in [3.63, 3.8) is 0 Å². The van der Waals surface area contributed by atoms with Crippen LogP contribution in [0.3, 0.4) is 0 Å². The fourth-order valence-corrected chi connectivity index (χ4v) is 5.38. The molecule has 0 N–H and O–H groups in total. The molecule has 0 bridgehead atoms. The summed E-state index contributed by atoms with van der Waals surface area (Å²) in [6, 6.07) is 3.43. The van der Waals surface area contributed by atoms with Gasteiger partial charge in [0.2, 0.25) is 0 Å². The lowest BCUT2D eigenvalue weighted by molar-refractivity contribution is -0.141. The molecule has 0 aliphatic carbocycles. The van der Waals surface area contributed by atoms with E-state index in [0.29, 0.717) is 29.3 Å². The van der Waals surface area contributed by atoms with Crippen molar-refractivity contribution in [3.8, 4) is 0 Å². The van der Waals surface area contributed by atoms with Crippen molar-refractivity contribution < 1.29 is 27.2 Å². The Labute approximate surface area is 243 Å². The van der Waals surface area contributed by atoms with Crippen molar-refractivity contribution in [2.75, 3.05) is 6.61 Å². The third-order valence-electron chi connectivity index (χ3n) is 7.72. The van der Waals surface area contributed by atoms with E-state index in [-0.39, 0.29) is 22.8 Å². The van der Waals surface area contributed by atoms with E-state index in [1.54, 1.807) is 18.5 Å². The maximum absolute atomic E-state index is 13.8. The number of ketones is 2. The molecule has 0 atom stereocenters. The van der Waals surface area contributed by atoms with E-state index < -0.39 is 38.1 Å². The average Bonchev–Trinajstić information content (AvgIpc) is 3.52. The van der Waals surface area contributed by atoms with E-state index in [4.69, 9.17) is 4.43 Å². The van der Waals surface area contributed by atoms with Crippen LogP contribution in [0.25, 0.3) is 10.9 Å². The maximum atomic E-state index is 13.8. The molecule has 0 saturated carbocycles. The fraction of sp³-hybridized carbons (Fsp3) is 0.448. The fourth-order valence-electron chi connectivity index (χ4n) is 4.23. The quantitative estimate of drug-likeness (QED) is 0.166. The molecule has 4 heterocycles. The summed E-state index contributed by atoms with van der Waals surface area (Å²) in [5.41, 5.74) is 0.347. The number of pyridine rings is 2. The maximum Gasteiger partial charge on any atom is 0.436 e. The molecule has 0 aliphatic rings. The second-order valence-corrected chi connectivity index (χ2v) is 17.4. The van der Waals surface area contributed by atoms with E-state index in [0.717, 1.165) is 10.2 Å². The summed E-state index contributed by atoms with van der Waals surface area (Å²) in [5.74, 6) is -0.704. The molecule has 0 radical (unpaired) electrons. The topological polar surface area (TPSA) is 105 Å². The lowest BCUT2D eigenvalue weighted by atomic mass is 10.0. The van der Waals surface area contributed by atoms with Gasteiger partial charge in [0.15, 0.2) is 25.6 Å². The molecule has 9 nitrogen and oxygen atoms in total. The first-order valence-electron chi connectivity index (χ1n) is 13.5. The number of hydrogen-bond donors (Lipinski definition) is 0. The highest BCUT2D eigenvalue weighted by Gasteiger charge is 2.39. The molecule has 224 valence electrons. The van der Waals surface area contributed by atoms with E-state index in [2.05, 4.69) is 68.0 Å².